The van der Waals surface area contributed by atoms with Gasteiger partial charge in [0.05, 0.1) is 6.54 Å². The molecule has 1 heterocycles. The molecule has 0 aromatic carbocycles. The van der Waals surface area contributed by atoms with Crippen LogP contribution in [0.15, 0.2) is 0 Å². The molecule has 106 valence electrons. The summed E-state index contributed by atoms with van der Waals surface area (Å²) in [6, 6.07) is 0.185. The van der Waals surface area contributed by atoms with E-state index in [4.69, 9.17) is 5.73 Å². The summed E-state index contributed by atoms with van der Waals surface area (Å²) in [5.74, 6) is 0.172. The summed E-state index contributed by atoms with van der Waals surface area (Å²) >= 11 is 1.56. The largest absolute Gasteiger partial charge is 0.349 e. The van der Waals surface area contributed by atoms with Crippen LogP contribution in [0.5, 0.6) is 0 Å². The number of amides is 1. The third-order valence-corrected chi connectivity index (χ3v) is 4.72. The summed E-state index contributed by atoms with van der Waals surface area (Å²) < 4.78 is 0. The Labute approximate surface area is 118 Å². The molecule has 1 aromatic heterocycles. The fraction of sp³-hybridized carbons (Fsp3) is 0.769. The molecule has 1 aromatic rings. The molecule has 1 aliphatic rings. The molecule has 1 amide bonds. The lowest BCUT2D eigenvalue weighted by Gasteiger charge is -2.12. The predicted molar refractivity (Wildman–Crippen MR) is 75.8 cm³/mol. The van der Waals surface area contributed by atoms with Crippen LogP contribution in [0.4, 0.5) is 0 Å². The van der Waals surface area contributed by atoms with Gasteiger partial charge in [0.2, 0.25) is 5.91 Å². The van der Waals surface area contributed by atoms with Crippen molar-refractivity contribution in [2.45, 2.75) is 58.0 Å². The van der Waals surface area contributed by atoms with Crippen LogP contribution in [0.3, 0.4) is 0 Å². The number of hydrogen-bond donors (Lipinski definition) is 2. The number of nitrogens with two attached hydrogens (primary N) is 1. The van der Waals surface area contributed by atoms with E-state index < -0.39 is 0 Å². The highest BCUT2D eigenvalue weighted by atomic mass is 32.1. The van der Waals surface area contributed by atoms with E-state index >= 15 is 0 Å². The Morgan fingerprint density at radius 1 is 1.42 bits per heavy atom. The molecule has 0 saturated heterocycles. The van der Waals surface area contributed by atoms with Crippen molar-refractivity contribution >= 4 is 17.2 Å². The zero-order chi connectivity index (χ0) is 14.0. The van der Waals surface area contributed by atoms with E-state index in [0.29, 0.717) is 6.54 Å². The Hall–Kier alpha value is -1.01. The molecule has 0 spiro atoms. The van der Waals surface area contributed by atoms with E-state index in [1.165, 1.54) is 0 Å². The van der Waals surface area contributed by atoms with Gasteiger partial charge in [-0.05, 0) is 19.3 Å². The van der Waals surface area contributed by atoms with E-state index in [-0.39, 0.29) is 23.3 Å². The van der Waals surface area contributed by atoms with Crippen molar-refractivity contribution in [2.24, 2.45) is 11.7 Å². The lowest BCUT2D eigenvalue weighted by Crippen LogP contribution is -2.29. The normalized spacial score (nSPS) is 23.6. The number of rotatable bonds is 3. The first-order valence-electron chi connectivity index (χ1n) is 6.72. The van der Waals surface area contributed by atoms with Gasteiger partial charge < -0.3 is 11.1 Å². The topological polar surface area (TPSA) is 80.9 Å². The molecule has 6 heteroatoms. The van der Waals surface area contributed by atoms with Gasteiger partial charge in [-0.2, -0.15) is 0 Å². The van der Waals surface area contributed by atoms with E-state index in [9.17, 15) is 4.79 Å². The van der Waals surface area contributed by atoms with Crippen molar-refractivity contribution in [2.75, 3.05) is 0 Å². The number of nitrogens with zero attached hydrogens (tertiary/aromatic N) is 2. The maximum Gasteiger partial charge on any atom is 0.223 e. The first kappa shape index (κ1) is 14.4. The monoisotopic (exact) mass is 282 g/mol. The summed E-state index contributed by atoms with van der Waals surface area (Å²) in [7, 11) is 0. The van der Waals surface area contributed by atoms with Crippen LogP contribution in [-0.2, 0) is 16.8 Å². The smallest absolute Gasteiger partial charge is 0.223 e. The van der Waals surface area contributed by atoms with Gasteiger partial charge >= 0.3 is 0 Å². The van der Waals surface area contributed by atoms with Gasteiger partial charge in [0, 0.05) is 17.4 Å². The standard InChI is InChI=1S/C13H22N4OS/c1-13(2,3)12-17-16-10(19-12)7-15-11(18)8-4-5-9(14)6-8/h8-9H,4-7,14H2,1-3H3,(H,15,18). The van der Waals surface area contributed by atoms with Crippen LogP contribution >= 0.6 is 11.3 Å². The highest BCUT2D eigenvalue weighted by Gasteiger charge is 2.27. The minimum Gasteiger partial charge on any atom is -0.349 e. The third kappa shape index (κ3) is 3.73. The lowest BCUT2D eigenvalue weighted by atomic mass is 9.98. The summed E-state index contributed by atoms with van der Waals surface area (Å²) in [6.07, 6.45) is 2.65. The first-order valence-corrected chi connectivity index (χ1v) is 7.54. The Morgan fingerprint density at radius 2 is 2.16 bits per heavy atom. The molecule has 2 unspecified atom stereocenters. The Bertz CT molecular complexity index is 452. The molecular formula is C13H22N4OS. The number of hydrogen-bond acceptors (Lipinski definition) is 5. The number of carbonyl (C=O) groups excluding carboxylic acids is 1. The second kappa shape index (κ2) is 5.54. The highest BCUT2D eigenvalue weighted by molar-refractivity contribution is 7.11. The summed E-state index contributed by atoms with van der Waals surface area (Å²) in [5, 5.41) is 13.1. The van der Waals surface area contributed by atoms with Gasteiger partial charge in [0.25, 0.3) is 0 Å². The summed E-state index contributed by atoms with van der Waals surface area (Å²) in [4.78, 5) is 12.0. The second-order valence-electron chi connectivity index (χ2n) is 6.24. The van der Waals surface area contributed by atoms with Crippen molar-refractivity contribution in [3.8, 4) is 0 Å². The van der Waals surface area contributed by atoms with E-state index in [1.807, 2.05) is 0 Å². The fourth-order valence-electron chi connectivity index (χ4n) is 2.19. The Kier molecular flexibility index (Phi) is 4.20. The molecule has 0 bridgehead atoms. The molecule has 1 aliphatic carbocycles. The molecule has 1 fully saturated rings. The molecule has 0 aliphatic heterocycles. The van der Waals surface area contributed by atoms with Gasteiger partial charge in [0.1, 0.15) is 10.0 Å². The van der Waals surface area contributed by atoms with Gasteiger partial charge in [-0.3, -0.25) is 4.79 Å². The molecule has 19 heavy (non-hydrogen) atoms. The number of aromatic nitrogens is 2. The van der Waals surface area contributed by atoms with Gasteiger partial charge in [0.15, 0.2) is 0 Å². The molecule has 5 nitrogen and oxygen atoms in total. The molecule has 2 rings (SSSR count). The van der Waals surface area contributed by atoms with E-state index in [2.05, 4.69) is 36.3 Å². The van der Waals surface area contributed by atoms with Crippen LogP contribution in [0.1, 0.15) is 50.0 Å². The number of carbonyl (C=O) groups is 1. The lowest BCUT2D eigenvalue weighted by molar-refractivity contribution is -0.125. The Morgan fingerprint density at radius 3 is 2.68 bits per heavy atom. The zero-order valence-corrected chi connectivity index (χ0v) is 12.6. The highest BCUT2D eigenvalue weighted by Crippen LogP contribution is 2.26. The second-order valence-corrected chi connectivity index (χ2v) is 7.30. The first-order chi connectivity index (χ1) is 8.86. The molecule has 3 N–H and O–H groups in total. The molecule has 0 radical (unpaired) electrons. The maximum absolute atomic E-state index is 12.0. The zero-order valence-electron chi connectivity index (χ0n) is 11.8. The van der Waals surface area contributed by atoms with Crippen LogP contribution in [0.25, 0.3) is 0 Å². The van der Waals surface area contributed by atoms with E-state index in [1.54, 1.807) is 11.3 Å². The molecule has 1 saturated carbocycles. The maximum atomic E-state index is 12.0. The van der Waals surface area contributed by atoms with Crippen LogP contribution < -0.4 is 11.1 Å². The molecule has 2 atom stereocenters. The van der Waals surface area contributed by atoms with Gasteiger partial charge in [-0.25, -0.2) is 0 Å². The molecular weight excluding hydrogens is 260 g/mol. The van der Waals surface area contributed by atoms with Crippen LogP contribution in [0, 0.1) is 5.92 Å². The summed E-state index contributed by atoms with van der Waals surface area (Å²) in [6.45, 7) is 6.79. The quantitative estimate of drug-likeness (QED) is 0.882. The van der Waals surface area contributed by atoms with E-state index in [0.717, 1.165) is 29.3 Å². The third-order valence-electron chi connectivity index (χ3n) is 3.37. The van der Waals surface area contributed by atoms with Crippen LogP contribution in [-0.4, -0.2) is 22.1 Å². The average Bonchev–Trinajstić information content (AvgIpc) is 2.93. The van der Waals surface area contributed by atoms with Crippen molar-refractivity contribution in [3.63, 3.8) is 0 Å². The minimum absolute atomic E-state index is 0.0121. The van der Waals surface area contributed by atoms with Crippen molar-refractivity contribution < 1.29 is 4.79 Å². The van der Waals surface area contributed by atoms with Gasteiger partial charge in [-0.1, -0.05) is 32.1 Å². The fourth-order valence-corrected chi connectivity index (χ4v) is 3.03. The average molecular weight is 282 g/mol. The van der Waals surface area contributed by atoms with Crippen molar-refractivity contribution in [1.82, 2.24) is 15.5 Å². The minimum atomic E-state index is 0.0121. The predicted octanol–water partition coefficient (Wildman–Crippen LogP) is 1.58. The van der Waals surface area contributed by atoms with Crippen molar-refractivity contribution in [1.29, 1.82) is 0 Å². The van der Waals surface area contributed by atoms with Crippen molar-refractivity contribution in [3.05, 3.63) is 10.0 Å². The summed E-state index contributed by atoms with van der Waals surface area (Å²) in [5.41, 5.74) is 5.83. The van der Waals surface area contributed by atoms with Gasteiger partial charge in [-0.15, -0.1) is 10.2 Å². The SMILES string of the molecule is CC(C)(C)c1nnc(CNC(=O)C2CCC(N)C2)s1. The number of nitrogens with one attached hydrogen (secondary N) is 1. The Balaban J connectivity index is 1.85. The van der Waals surface area contributed by atoms with Crippen LogP contribution in [0.2, 0.25) is 0 Å².